The van der Waals surface area contributed by atoms with Gasteiger partial charge in [0.2, 0.25) is 5.89 Å². The summed E-state index contributed by atoms with van der Waals surface area (Å²) in [7, 11) is 3.44. The number of carbonyl (C=O) groups excluding carboxylic acids is 1. The average molecular weight is 512 g/mol. The lowest BCUT2D eigenvalue weighted by Gasteiger charge is -2.19. The fourth-order valence-electron chi connectivity index (χ4n) is 3.95. The fraction of sp³-hybridized carbons (Fsp3) is 0.192. The van der Waals surface area contributed by atoms with Crippen molar-refractivity contribution in [3.8, 4) is 17.3 Å². The van der Waals surface area contributed by atoms with Crippen LogP contribution in [0.25, 0.3) is 11.5 Å². The summed E-state index contributed by atoms with van der Waals surface area (Å²) in [5, 5.41) is 18.9. The molecule has 38 heavy (non-hydrogen) atoms. The number of benzene rings is 2. The number of anilines is 1. The summed E-state index contributed by atoms with van der Waals surface area (Å²) in [6.07, 6.45) is 3.13. The Morgan fingerprint density at radius 3 is 2.76 bits per heavy atom. The molecule has 0 aliphatic carbocycles. The largest absolute Gasteiger partial charge is 0.496 e. The maximum absolute atomic E-state index is 13.3. The number of para-hydroxylation sites is 1. The van der Waals surface area contributed by atoms with Gasteiger partial charge in [-0.3, -0.25) is 4.79 Å². The van der Waals surface area contributed by atoms with Crippen molar-refractivity contribution >= 4 is 11.6 Å². The number of methoxy groups -OCH3 is 1. The standard InChI is InChI=1S/C26H25N9O3/c1-16-30-24(34-38-16)23(19-9-4-5-10-21(19)37-3)31-26(36)17-7-6-8-18(13-17)28-14-22-32-33-25(35(22)2)20-11-12-27-15-29-20/h4-13,15,23,28H,14H2,1-3H3,(H,31,36)/t23-/m0/s1. The van der Waals surface area contributed by atoms with Gasteiger partial charge >= 0.3 is 0 Å². The Kier molecular flexibility index (Phi) is 7.02. The number of hydrogen-bond acceptors (Lipinski definition) is 10. The highest BCUT2D eigenvalue weighted by molar-refractivity contribution is 5.95. The molecule has 1 atom stereocenters. The van der Waals surface area contributed by atoms with Crippen LogP contribution in [0.1, 0.15) is 39.5 Å². The molecule has 12 nitrogen and oxygen atoms in total. The molecule has 5 rings (SSSR count). The van der Waals surface area contributed by atoms with E-state index in [1.54, 1.807) is 44.5 Å². The minimum Gasteiger partial charge on any atom is -0.496 e. The van der Waals surface area contributed by atoms with E-state index in [1.165, 1.54) is 6.33 Å². The van der Waals surface area contributed by atoms with Gasteiger partial charge in [0.15, 0.2) is 17.5 Å². The fourth-order valence-corrected chi connectivity index (χ4v) is 3.95. The van der Waals surface area contributed by atoms with Crippen molar-refractivity contribution in [3.63, 3.8) is 0 Å². The van der Waals surface area contributed by atoms with Gasteiger partial charge in [0.05, 0.1) is 13.7 Å². The van der Waals surface area contributed by atoms with Gasteiger partial charge < -0.3 is 24.5 Å². The zero-order chi connectivity index (χ0) is 26.5. The van der Waals surface area contributed by atoms with Gasteiger partial charge in [0.25, 0.3) is 5.91 Å². The van der Waals surface area contributed by atoms with E-state index >= 15 is 0 Å². The van der Waals surface area contributed by atoms with Crippen molar-refractivity contribution in [2.45, 2.75) is 19.5 Å². The van der Waals surface area contributed by atoms with Gasteiger partial charge in [0, 0.05) is 37.0 Å². The van der Waals surface area contributed by atoms with Crippen LogP contribution in [0.2, 0.25) is 0 Å². The molecule has 0 fully saturated rings. The maximum atomic E-state index is 13.3. The second kappa shape index (κ2) is 10.9. The summed E-state index contributed by atoms with van der Waals surface area (Å²) >= 11 is 0. The lowest BCUT2D eigenvalue weighted by Crippen LogP contribution is -2.30. The molecular weight excluding hydrogens is 486 g/mol. The number of nitrogens with one attached hydrogen (secondary N) is 2. The van der Waals surface area contributed by atoms with E-state index in [4.69, 9.17) is 9.26 Å². The van der Waals surface area contributed by atoms with Crippen molar-refractivity contribution in [2.24, 2.45) is 7.05 Å². The molecule has 0 saturated heterocycles. The Morgan fingerprint density at radius 1 is 1.13 bits per heavy atom. The Labute approximate surface area is 218 Å². The third kappa shape index (κ3) is 5.19. The third-order valence-corrected chi connectivity index (χ3v) is 5.88. The van der Waals surface area contributed by atoms with Gasteiger partial charge in [-0.25, -0.2) is 9.97 Å². The predicted octanol–water partition coefficient (Wildman–Crippen LogP) is 3.10. The second-order valence-electron chi connectivity index (χ2n) is 8.35. The van der Waals surface area contributed by atoms with Crippen LogP contribution in [0, 0.1) is 6.92 Å². The molecule has 12 heteroatoms. The number of aromatic nitrogens is 7. The zero-order valence-corrected chi connectivity index (χ0v) is 21.0. The summed E-state index contributed by atoms with van der Waals surface area (Å²) in [6.45, 7) is 2.09. The lowest BCUT2D eigenvalue weighted by atomic mass is 10.0. The Hall–Kier alpha value is -5.13. The van der Waals surface area contributed by atoms with Crippen molar-refractivity contribution < 1.29 is 14.1 Å². The van der Waals surface area contributed by atoms with Crippen LogP contribution in [-0.2, 0) is 13.6 Å². The van der Waals surface area contributed by atoms with Crippen LogP contribution in [0.5, 0.6) is 5.75 Å². The van der Waals surface area contributed by atoms with Crippen LogP contribution >= 0.6 is 0 Å². The first kappa shape index (κ1) is 24.6. The monoisotopic (exact) mass is 511 g/mol. The van der Waals surface area contributed by atoms with E-state index in [2.05, 4.69) is 40.9 Å². The number of ether oxygens (including phenoxy) is 1. The number of rotatable bonds is 9. The number of amides is 1. The number of aryl methyl sites for hydroxylation is 1. The highest BCUT2D eigenvalue weighted by Crippen LogP contribution is 2.29. The zero-order valence-electron chi connectivity index (χ0n) is 21.0. The van der Waals surface area contributed by atoms with E-state index < -0.39 is 6.04 Å². The third-order valence-electron chi connectivity index (χ3n) is 5.88. The smallest absolute Gasteiger partial charge is 0.252 e. The highest BCUT2D eigenvalue weighted by atomic mass is 16.5. The van der Waals surface area contributed by atoms with Crippen molar-refractivity contribution in [2.75, 3.05) is 12.4 Å². The first-order valence-corrected chi connectivity index (χ1v) is 11.8. The summed E-state index contributed by atoms with van der Waals surface area (Å²) in [4.78, 5) is 25.8. The Balaban J connectivity index is 1.33. The SMILES string of the molecule is COc1ccccc1[C@H](NC(=O)c1cccc(NCc2nnc(-c3ccncn3)n2C)c1)c1noc(C)n1. The van der Waals surface area contributed by atoms with Gasteiger partial charge in [-0.05, 0) is 30.3 Å². The molecule has 5 aromatic rings. The van der Waals surface area contributed by atoms with Crippen LogP contribution < -0.4 is 15.4 Å². The Bertz CT molecular complexity index is 1550. The van der Waals surface area contributed by atoms with Gasteiger partial charge in [-0.2, -0.15) is 4.98 Å². The number of carbonyl (C=O) groups is 1. The van der Waals surface area contributed by atoms with E-state index in [9.17, 15) is 4.79 Å². The molecule has 0 saturated carbocycles. The minimum atomic E-state index is -0.674. The number of nitrogens with zero attached hydrogens (tertiary/aromatic N) is 7. The molecule has 0 radical (unpaired) electrons. The van der Waals surface area contributed by atoms with E-state index in [1.807, 2.05) is 41.9 Å². The predicted molar refractivity (Wildman–Crippen MR) is 137 cm³/mol. The molecule has 0 unspecified atom stereocenters. The summed E-state index contributed by atoms with van der Waals surface area (Å²) in [6, 6.07) is 15.6. The van der Waals surface area contributed by atoms with E-state index in [-0.39, 0.29) is 5.91 Å². The second-order valence-corrected chi connectivity index (χ2v) is 8.35. The first-order valence-electron chi connectivity index (χ1n) is 11.8. The average Bonchev–Trinajstić information content (AvgIpc) is 3.56. The molecule has 0 aliphatic heterocycles. The van der Waals surface area contributed by atoms with Crippen molar-refractivity contribution in [3.05, 3.63) is 95.8 Å². The van der Waals surface area contributed by atoms with Crippen LogP contribution in [0.3, 0.4) is 0 Å². The first-order chi connectivity index (χ1) is 18.5. The molecule has 0 spiro atoms. The molecule has 1 amide bonds. The summed E-state index contributed by atoms with van der Waals surface area (Å²) in [5.41, 5.74) is 2.59. The summed E-state index contributed by atoms with van der Waals surface area (Å²) < 4.78 is 12.5. The van der Waals surface area contributed by atoms with Crippen LogP contribution in [0.15, 0.2) is 71.6 Å². The minimum absolute atomic E-state index is 0.309. The quantitative estimate of drug-likeness (QED) is 0.303. The van der Waals surface area contributed by atoms with Crippen LogP contribution in [0.4, 0.5) is 5.69 Å². The molecule has 192 valence electrons. The molecular formula is C26H25N9O3. The van der Waals surface area contributed by atoms with Gasteiger partial charge in [-0.1, -0.05) is 29.4 Å². The van der Waals surface area contributed by atoms with E-state index in [0.717, 1.165) is 5.69 Å². The normalized spacial score (nSPS) is 11.7. The molecule has 3 aromatic heterocycles. The molecule has 2 aromatic carbocycles. The molecule has 3 heterocycles. The molecule has 0 bridgehead atoms. The molecule has 0 aliphatic rings. The maximum Gasteiger partial charge on any atom is 0.252 e. The van der Waals surface area contributed by atoms with E-state index in [0.29, 0.717) is 52.5 Å². The number of hydrogen-bond donors (Lipinski definition) is 2. The van der Waals surface area contributed by atoms with Crippen molar-refractivity contribution in [1.29, 1.82) is 0 Å². The van der Waals surface area contributed by atoms with Gasteiger partial charge in [-0.15, -0.1) is 10.2 Å². The Morgan fingerprint density at radius 2 is 2.00 bits per heavy atom. The topological polar surface area (TPSA) is 146 Å². The highest BCUT2D eigenvalue weighted by Gasteiger charge is 2.25. The van der Waals surface area contributed by atoms with Crippen molar-refractivity contribution in [1.82, 2.24) is 40.2 Å². The van der Waals surface area contributed by atoms with Gasteiger partial charge in [0.1, 0.15) is 23.8 Å². The van der Waals surface area contributed by atoms with Crippen LogP contribution in [-0.4, -0.2) is 47.9 Å². The lowest BCUT2D eigenvalue weighted by molar-refractivity contribution is 0.0941. The summed E-state index contributed by atoms with van der Waals surface area (Å²) in [5.74, 6) is 2.36. The molecule has 2 N–H and O–H groups in total.